The van der Waals surface area contributed by atoms with Gasteiger partial charge in [0.2, 0.25) is 0 Å². The van der Waals surface area contributed by atoms with Gasteiger partial charge in [0.05, 0.1) is 13.2 Å². The highest BCUT2D eigenvalue weighted by atomic mass is 16.5. The van der Waals surface area contributed by atoms with Gasteiger partial charge < -0.3 is 9.47 Å². The number of ether oxygens (including phenoxy) is 2. The van der Waals surface area contributed by atoms with Crippen LogP contribution in [0, 0.1) is 12.6 Å². The lowest BCUT2D eigenvalue weighted by Gasteiger charge is -2.12. The number of hydrogen-bond acceptors (Lipinski definition) is 2. The molecule has 0 aliphatic heterocycles. The van der Waals surface area contributed by atoms with Crippen molar-refractivity contribution in [2.75, 3.05) is 13.2 Å². The molecule has 0 fully saturated rings. The van der Waals surface area contributed by atoms with Crippen molar-refractivity contribution in [1.82, 2.24) is 0 Å². The molecule has 2 radical (unpaired) electrons. The van der Waals surface area contributed by atoms with Crippen LogP contribution in [0.1, 0.15) is 159 Å². The van der Waals surface area contributed by atoms with Crippen LogP contribution < -0.4 is 9.47 Å². The lowest BCUT2D eigenvalue weighted by Crippen LogP contribution is -2.01. The first kappa shape index (κ1) is 35.7. The molecule has 0 aliphatic carbocycles. The molecule has 2 rings (SSSR count). The topological polar surface area (TPSA) is 18.5 Å². The van der Waals surface area contributed by atoms with Gasteiger partial charge in [-0.1, -0.05) is 178 Å². The summed E-state index contributed by atoms with van der Waals surface area (Å²) < 4.78 is 12.3. The van der Waals surface area contributed by atoms with E-state index in [2.05, 4.69) is 50.3 Å². The van der Waals surface area contributed by atoms with E-state index in [0.717, 1.165) is 54.2 Å². The SMILES string of the molecule is [CH]=Cc1ccc(C=Cc2cc(OCCCCCCCCCCCC)[c]cc2OCCCCCCCCCCCC)cc1. The number of unbranched alkanes of at least 4 members (excludes halogenated alkanes) is 18. The molecule has 2 nitrogen and oxygen atoms in total. The molecule has 232 valence electrons. The van der Waals surface area contributed by atoms with E-state index in [4.69, 9.17) is 16.1 Å². The largest absolute Gasteiger partial charge is 0.493 e. The fourth-order valence-corrected chi connectivity index (χ4v) is 5.26. The molecule has 0 saturated carbocycles. The van der Waals surface area contributed by atoms with E-state index in [1.165, 1.54) is 116 Å². The van der Waals surface area contributed by atoms with Gasteiger partial charge in [-0.15, -0.1) is 0 Å². The van der Waals surface area contributed by atoms with Gasteiger partial charge in [0.25, 0.3) is 0 Å². The number of hydrogen-bond donors (Lipinski definition) is 0. The zero-order valence-corrected chi connectivity index (χ0v) is 27.1. The van der Waals surface area contributed by atoms with Gasteiger partial charge >= 0.3 is 0 Å². The zero-order chi connectivity index (χ0) is 29.9. The highest BCUT2D eigenvalue weighted by Gasteiger charge is 2.06. The monoisotopic (exact) mass is 572 g/mol. The Labute approximate surface area is 260 Å². The Morgan fingerprint density at radius 2 is 1.02 bits per heavy atom. The zero-order valence-electron chi connectivity index (χ0n) is 27.1. The molecular formula is C40H60O2. The van der Waals surface area contributed by atoms with Crippen LogP contribution in [0.5, 0.6) is 11.5 Å². The van der Waals surface area contributed by atoms with E-state index < -0.39 is 0 Å². The molecule has 0 atom stereocenters. The van der Waals surface area contributed by atoms with Crippen LogP contribution >= 0.6 is 0 Å². The molecule has 0 amide bonds. The van der Waals surface area contributed by atoms with Crippen molar-refractivity contribution >= 4 is 18.2 Å². The van der Waals surface area contributed by atoms with Gasteiger partial charge in [-0.3, -0.25) is 0 Å². The molecule has 0 bridgehead atoms. The third-order valence-corrected chi connectivity index (χ3v) is 8.01. The fourth-order valence-electron chi connectivity index (χ4n) is 5.26. The molecule has 2 heteroatoms. The molecule has 0 heterocycles. The van der Waals surface area contributed by atoms with Crippen molar-refractivity contribution in [3.05, 3.63) is 65.7 Å². The van der Waals surface area contributed by atoms with Gasteiger partial charge in [-0.2, -0.15) is 0 Å². The summed E-state index contributed by atoms with van der Waals surface area (Å²) in [5.41, 5.74) is 3.18. The van der Waals surface area contributed by atoms with E-state index in [9.17, 15) is 0 Å². The number of rotatable bonds is 27. The minimum Gasteiger partial charge on any atom is -0.493 e. The summed E-state index contributed by atoms with van der Waals surface area (Å²) in [6.45, 7) is 11.7. The molecule has 0 unspecified atom stereocenters. The van der Waals surface area contributed by atoms with Crippen molar-refractivity contribution in [2.24, 2.45) is 0 Å². The van der Waals surface area contributed by atoms with E-state index in [1.807, 2.05) is 18.2 Å². The van der Waals surface area contributed by atoms with Gasteiger partial charge in [0.15, 0.2) is 0 Å². The third kappa shape index (κ3) is 17.5. The van der Waals surface area contributed by atoms with Crippen LogP contribution in [0.25, 0.3) is 18.2 Å². The fraction of sp³-hybridized carbons (Fsp3) is 0.600. The minimum atomic E-state index is 0.741. The van der Waals surface area contributed by atoms with Gasteiger partial charge in [0, 0.05) is 11.6 Å². The summed E-state index contributed by atoms with van der Waals surface area (Å²) >= 11 is 0. The van der Waals surface area contributed by atoms with E-state index in [-0.39, 0.29) is 0 Å². The highest BCUT2D eigenvalue weighted by Crippen LogP contribution is 2.27. The maximum atomic E-state index is 6.24. The first-order chi connectivity index (χ1) is 20.8. The van der Waals surface area contributed by atoms with Crippen molar-refractivity contribution in [3.8, 4) is 11.5 Å². The van der Waals surface area contributed by atoms with Gasteiger partial charge in [-0.25, -0.2) is 0 Å². The maximum Gasteiger partial charge on any atom is 0.128 e. The summed E-state index contributed by atoms with van der Waals surface area (Å²) in [7, 11) is 0. The van der Waals surface area contributed by atoms with Crippen molar-refractivity contribution in [2.45, 2.75) is 142 Å². The predicted octanol–water partition coefficient (Wildman–Crippen LogP) is 12.7. The van der Waals surface area contributed by atoms with Crippen LogP contribution in [-0.2, 0) is 0 Å². The molecular weight excluding hydrogens is 512 g/mol. The second kappa shape index (κ2) is 25.1. The summed E-state index contributed by atoms with van der Waals surface area (Å²) in [6.07, 6.45) is 32.4. The first-order valence-electron chi connectivity index (χ1n) is 17.4. The molecule has 0 aliphatic rings. The normalized spacial score (nSPS) is 11.3. The van der Waals surface area contributed by atoms with Crippen LogP contribution in [0.15, 0.2) is 36.4 Å². The summed E-state index contributed by atoms with van der Waals surface area (Å²) in [5.74, 6) is 1.67. The Kier molecular flexibility index (Phi) is 21.3. The van der Waals surface area contributed by atoms with Gasteiger partial charge in [-0.05, 0) is 36.1 Å². The van der Waals surface area contributed by atoms with Crippen LogP contribution in [-0.4, -0.2) is 13.2 Å². The van der Waals surface area contributed by atoms with E-state index >= 15 is 0 Å². The summed E-state index contributed by atoms with van der Waals surface area (Å²) in [6, 6.07) is 15.6. The first-order valence-corrected chi connectivity index (χ1v) is 17.4. The molecule has 0 N–H and O–H groups in total. The lowest BCUT2D eigenvalue weighted by molar-refractivity contribution is 0.295. The quantitative estimate of drug-likeness (QED) is 0.0783. The third-order valence-electron chi connectivity index (χ3n) is 8.01. The molecule has 42 heavy (non-hydrogen) atoms. The lowest BCUT2D eigenvalue weighted by atomic mass is 10.1. The summed E-state index contributed by atoms with van der Waals surface area (Å²) in [4.78, 5) is 0. The van der Waals surface area contributed by atoms with E-state index in [1.54, 1.807) is 6.08 Å². The van der Waals surface area contributed by atoms with Crippen LogP contribution in [0.2, 0.25) is 0 Å². The van der Waals surface area contributed by atoms with Crippen LogP contribution in [0.3, 0.4) is 0 Å². The Hall–Kier alpha value is -2.48. The van der Waals surface area contributed by atoms with Crippen LogP contribution in [0.4, 0.5) is 0 Å². The second-order valence-electron chi connectivity index (χ2n) is 11.8. The van der Waals surface area contributed by atoms with Crippen molar-refractivity contribution in [3.63, 3.8) is 0 Å². The Bertz CT molecular complexity index is 943. The Morgan fingerprint density at radius 1 is 0.571 bits per heavy atom. The summed E-state index contributed by atoms with van der Waals surface area (Å²) in [5, 5.41) is 0. The van der Waals surface area contributed by atoms with Gasteiger partial charge in [0.1, 0.15) is 11.5 Å². The van der Waals surface area contributed by atoms with Crippen molar-refractivity contribution < 1.29 is 9.47 Å². The average Bonchev–Trinajstić information content (AvgIpc) is 3.02. The standard InChI is InChI=1S/C40H60O2/c1-4-7-9-11-13-15-17-19-21-23-33-41-39-31-32-40(42-34-24-22-20-18-16-14-12-10-8-5-2)38(35-39)30-29-37-27-25-36(6-3)26-28-37/h3,6,25-30,32,35H,4-5,7-24,33-34H2,1-2H3. The minimum absolute atomic E-state index is 0.741. The molecule has 2 aromatic rings. The smallest absolute Gasteiger partial charge is 0.128 e. The highest BCUT2D eigenvalue weighted by molar-refractivity contribution is 5.73. The van der Waals surface area contributed by atoms with Crippen molar-refractivity contribution in [1.29, 1.82) is 0 Å². The Balaban J connectivity index is 1.78. The predicted molar refractivity (Wildman–Crippen MR) is 184 cm³/mol. The Morgan fingerprint density at radius 3 is 1.52 bits per heavy atom. The second-order valence-corrected chi connectivity index (χ2v) is 11.8. The maximum absolute atomic E-state index is 6.24. The van der Waals surface area contributed by atoms with E-state index in [0.29, 0.717) is 0 Å². The molecule has 0 spiro atoms. The number of benzene rings is 2. The molecule has 0 saturated heterocycles. The average molecular weight is 573 g/mol. The molecule has 0 aromatic heterocycles. The molecule has 2 aromatic carbocycles.